The first-order valence-electron chi connectivity index (χ1n) is 10.3. The molecule has 1 aromatic heterocycles. The Hall–Kier alpha value is -3.78. The van der Waals surface area contributed by atoms with Crippen LogP contribution in [0.25, 0.3) is 22.2 Å². The quantitative estimate of drug-likeness (QED) is 0.279. The van der Waals surface area contributed by atoms with Crippen molar-refractivity contribution in [2.75, 3.05) is 25.3 Å². The van der Waals surface area contributed by atoms with Crippen LogP contribution in [0.5, 0.6) is 11.5 Å². The van der Waals surface area contributed by atoms with Gasteiger partial charge in [-0.2, -0.15) is 0 Å². The maximum atomic E-state index is 12.7. The lowest BCUT2D eigenvalue weighted by atomic mass is 10.1. The number of hydrogen-bond donors (Lipinski definition) is 1. The molecule has 0 atom stereocenters. The molecule has 1 heterocycles. The van der Waals surface area contributed by atoms with Crippen molar-refractivity contribution in [3.63, 3.8) is 0 Å². The van der Waals surface area contributed by atoms with Crippen LogP contribution in [0.4, 0.5) is 5.69 Å². The molecule has 0 unspecified atom stereocenters. The number of hydrogen-bond acceptors (Lipinski definition) is 6. The highest BCUT2D eigenvalue weighted by molar-refractivity contribution is 7.99. The van der Waals surface area contributed by atoms with Crippen LogP contribution in [0, 0.1) is 0 Å². The number of ether oxygens (including phenoxy) is 2. The molecule has 4 rings (SSSR count). The number of thioether (sulfide) groups is 1. The zero-order valence-corrected chi connectivity index (χ0v) is 19.3. The van der Waals surface area contributed by atoms with E-state index in [1.165, 1.54) is 11.8 Å². The number of amides is 1. The van der Waals surface area contributed by atoms with Crippen molar-refractivity contribution in [1.29, 1.82) is 0 Å². The number of nitrogens with one attached hydrogen (secondary N) is 1. The number of nitrogens with zero attached hydrogens (tertiary/aromatic N) is 3. The Kier molecular flexibility index (Phi) is 6.95. The van der Waals surface area contributed by atoms with E-state index in [0.29, 0.717) is 29.0 Å². The summed E-state index contributed by atoms with van der Waals surface area (Å²) in [6, 6.07) is 19.4. The minimum Gasteiger partial charge on any atom is -0.493 e. The van der Waals surface area contributed by atoms with Crippen molar-refractivity contribution < 1.29 is 14.3 Å². The van der Waals surface area contributed by atoms with Gasteiger partial charge < -0.3 is 14.8 Å². The molecule has 0 fully saturated rings. The van der Waals surface area contributed by atoms with Gasteiger partial charge in [0.05, 0.1) is 20.0 Å². The summed E-state index contributed by atoms with van der Waals surface area (Å²) in [6.07, 6.45) is 1.77. The van der Waals surface area contributed by atoms with Crippen molar-refractivity contribution in [2.24, 2.45) is 0 Å². The summed E-state index contributed by atoms with van der Waals surface area (Å²) in [5.41, 5.74) is 1.62. The second-order valence-electron chi connectivity index (χ2n) is 7.14. The van der Waals surface area contributed by atoms with E-state index in [1.54, 1.807) is 20.3 Å². The lowest BCUT2D eigenvalue weighted by Gasteiger charge is -2.11. The van der Waals surface area contributed by atoms with Crippen LogP contribution in [-0.2, 0) is 11.3 Å². The zero-order valence-electron chi connectivity index (χ0n) is 18.4. The van der Waals surface area contributed by atoms with Gasteiger partial charge in [0.1, 0.15) is 0 Å². The van der Waals surface area contributed by atoms with Crippen LogP contribution >= 0.6 is 11.8 Å². The van der Waals surface area contributed by atoms with Gasteiger partial charge in [0.2, 0.25) is 5.91 Å². The molecule has 1 amide bonds. The fourth-order valence-corrected chi connectivity index (χ4v) is 4.28. The molecule has 0 saturated heterocycles. The minimum atomic E-state index is -0.114. The van der Waals surface area contributed by atoms with E-state index >= 15 is 0 Å². The Balaban J connectivity index is 1.52. The van der Waals surface area contributed by atoms with E-state index in [-0.39, 0.29) is 11.7 Å². The molecule has 1 N–H and O–H groups in total. The van der Waals surface area contributed by atoms with Gasteiger partial charge in [-0.3, -0.25) is 9.36 Å². The van der Waals surface area contributed by atoms with E-state index < -0.39 is 0 Å². The van der Waals surface area contributed by atoms with Crippen LogP contribution < -0.4 is 14.8 Å². The standard InChI is InChI=1S/C25H24N4O3S/c1-4-14-29-24(18-12-13-21(31-2)22(15-18)32-3)27-28-25(29)33-16-23(30)26-20-11-7-9-17-8-5-6-10-19(17)20/h4-13,15H,1,14,16H2,2-3H3,(H,26,30). The normalized spacial score (nSPS) is 10.7. The number of carbonyl (C=O) groups is 1. The predicted octanol–water partition coefficient (Wildman–Crippen LogP) is 5.03. The second-order valence-corrected chi connectivity index (χ2v) is 8.08. The van der Waals surface area contributed by atoms with Crippen LogP contribution in [-0.4, -0.2) is 40.6 Å². The molecule has 0 aliphatic rings. The minimum absolute atomic E-state index is 0.114. The summed E-state index contributed by atoms with van der Waals surface area (Å²) in [5.74, 6) is 1.98. The fraction of sp³-hybridized carbons (Fsp3) is 0.160. The van der Waals surface area contributed by atoms with Gasteiger partial charge in [-0.05, 0) is 29.7 Å². The summed E-state index contributed by atoms with van der Waals surface area (Å²) < 4.78 is 12.6. The number of methoxy groups -OCH3 is 2. The monoisotopic (exact) mass is 460 g/mol. The summed E-state index contributed by atoms with van der Waals surface area (Å²) in [5, 5.41) is 14.4. The highest BCUT2D eigenvalue weighted by Crippen LogP contribution is 2.33. The third kappa shape index (κ3) is 4.85. The topological polar surface area (TPSA) is 78.3 Å². The Morgan fingerprint density at radius 3 is 2.64 bits per heavy atom. The first-order valence-corrected chi connectivity index (χ1v) is 11.3. The average molecular weight is 461 g/mol. The van der Waals surface area contributed by atoms with Gasteiger partial charge in [0.15, 0.2) is 22.5 Å². The average Bonchev–Trinajstić information content (AvgIpc) is 3.25. The number of anilines is 1. The van der Waals surface area contributed by atoms with Crippen LogP contribution in [0.2, 0.25) is 0 Å². The maximum Gasteiger partial charge on any atom is 0.234 e. The number of aromatic nitrogens is 3. The molecule has 0 saturated carbocycles. The number of allylic oxidation sites excluding steroid dienone is 1. The molecule has 7 nitrogen and oxygen atoms in total. The van der Waals surface area contributed by atoms with Crippen molar-refractivity contribution in [1.82, 2.24) is 14.8 Å². The lowest BCUT2D eigenvalue weighted by Crippen LogP contribution is -2.15. The Morgan fingerprint density at radius 1 is 1.06 bits per heavy atom. The Labute approximate surface area is 196 Å². The van der Waals surface area contributed by atoms with Crippen molar-refractivity contribution in [3.8, 4) is 22.9 Å². The molecule has 0 radical (unpaired) electrons. The van der Waals surface area contributed by atoms with Gasteiger partial charge in [0.25, 0.3) is 0 Å². The molecular formula is C25H24N4O3S. The Bertz CT molecular complexity index is 1300. The fourth-order valence-electron chi connectivity index (χ4n) is 3.53. The lowest BCUT2D eigenvalue weighted by molar-refractivity contribution is -0.113. The van der Waals surface area contributed by atoms with E-state index in [1.807, 2.05) is 65.2 Å². The van der Waals surface area contributed by atoms with Gasteiger partial charge >= 0.3 is 0 Å². The molecule has 0 aliphatic carbocycles. The predicted molar refractivity (Wildman–Crippen MR) is 132 cm³/mol. The van der Waals surface area contributed by atoms with Gasteiger partial charge in [-0.1, -0.05) is 54.2 Å². The Morgan fingerprint density at radius 2 is 1.85 bits per heavy atom. The molecule has 3 aromatic carbocycles. The largest absolute Gasteiger partial charge is 0.493 e. The van der Waals surface area contributed by atoms with Gasteiger partial charge in [-0.15, -0.1) is 16.8 Å². The summed E-state index contributed by atoms with van der Waals surface area (Å²) in [4.78, 5) is 12.7. The van der Waals surface area contributed by atoms with E-state index in [0.717, 1.165) is 22.0 Å². The van der Waals surface area contributed by atoms with Crippen molar-refractivity contribution in [2.45, 2.75) is 11.7 Å². The first kappa shape index (κ1) is 22.4. The molecular weight excluding hydrogens is 436 g/mol. The first-order chi connectivity index (χ1) is 16.1. The molecule has 0 spiro atoms. The third-order valence-electron chi connectivity index (χ3n) is 5.07. The van der Waals surface area contributed by atoms with Crippen molar-refractivity contribution in [3.05, 3.63) is 73.3 Å². The van der Waals surface area contributed by atoms with E-state index in [4.69, 9.17) is 9.47 Å². The number of fused-ring (bicyclic) bond motifs is 1. The smallest absolute Gasteiger partial charge is 0.234 e. The SMILES string of the molecule is C=CCn1c(SCC(=O)Nc2cccc3ccccc23)nnc1-c1ccc(OC)c(OC)c1. The second kappa shape index (κ2) is 10.2. The molecule has 4 aromatic rings. The molecule has 0 bridgehead atoms. The van der Waals surface area contributed by atoms with Gasteiger partial charge in [0, 0.05) is 23.2 Å². The number of benzene rings is 3. The van der Waals surface area contributed by atoms with Crippen molar-refractivity contribution >= 4 is 34.1 Å². The highest BCUT2D eigenvalue weighted by Gasteiger charge is 2.17. The van der Waals surface area contributed by atoms with Crippen LogP contribution in [0.15, 0.2) is 78.5 Å². The third-order valence-corrected chi connectivity index (χ3v) is 6.03. The molecule has 0 aliphatic heterocycles. The molecule has 168 valence electrons. The zero-order chi connectivity index (χ0) is 23.2. The summed E-state index contributed by atoms with van der Waals surface area (Å²) in [7, 11) is 3.18. The molecule has 8 heteroatoms. The molecule has 33 heavy (non-hydrogen) atoms. The van der Waals surface area contributed by atoms with Crippen LogP contribution in [0.3, 0.4) is 0 Å². The summed E-state index contributed by atoms with van der Waals surface area (Å²) >= 11 is 1.33. The number of carbonyl (C=O) groups excluding carboxylic acids is 1. The van der Waals surface area contributed by atoms with Gasteiger partial charge in [-0.25, -0.2) is 0 Å². The van der Waals surface area contributed by atoms with E-state index in [9.17, 15) is 4.79 Å². The maximum absolute atomic E-state index is 12.7. The highest BCUT2D eigenvalue weighted by atomic mass is 32.2. The summed E-state index contributed by atoms with van der Waals surface area (Å²) in [6.45, 7) is 4.35. The number of rotatable bonds is 9. The van der Waals surface area contributed by atoms with Crippen LogP contribution in [0.1, 0.15) is 0 Å². The van der Waals surface area contributed by atoms with E-state index in [2.05, 4.69) is 22.1 Å².